The maximum atomic E-state index is 11.8. The molecule has 19 heavy (non-hydrogen) atoms. The second-order valence-corrected chi connectivity index (χ2v) is 6.43. The van der Waals surface area contributed by atoms with Crippen molar-refractivity contribution in [3.63, 3.8) is 0 Å². The van der Waals surface area contributed by atoms with Crippen LogP contribution >= 0.6 is 0 Å². The van der Waals surface area contributed by atoms with E-state index in [1.165, 1.54) is 7.11 Å². The summed E-state index contributed by atoms with van der Waals surface area (Å²) in [6.45, 7) is 11.4. The fourth-order valence-electron chi connectivity index (χ4n) is 2.74. The SMILES string of the molecule is CCOC1CC(NC(CC(C)C)C(=O)OC)C1(C)C. The van der Waals surface area contributed by atoms with Gasteiger partial charge in [-0.15, -0.1) is 0 Å². The Morgan fingerprint density at radius 1 is 1.42 bits per heavy atom. The van der Waals surface area contributed by atoms with Crippen LogP contribution in [0.25, 0.3) is 0 Å². The van der Waals surface area contributed by atoms with E-state index in [1.807, 2.05) is 6.92 Å². The summed E-state index contributed by atoms with van der Waals surface area (Å²) in [5.41, 5.74) is 0.0687. The Labute approximate surface area is 117 Å². The number of nitrogens with one attached hydrogen (secondary N) is 1. The summed E-state index contributed by atoms with van der Waals surface area (Å²) in [6.07, 6.45) is 2.05. The topological polar surface area (TPSA) is 47.6 Å². The van der Waals surface area contributed by atoms with Gasteiger partial charge in [0.05, 0.1) is 13.2 Å². The molecule has 0 aromatic rings. The zero-order chi connectivity index (χ0) is 14.6. The third-order valence-electron chi connectivity index (χ3n) is 4.14. The second kappa shape index (κ2) is 6.71. The van der Waals surface area contributed by atoms with Crippen LogP contribution in [-0.4, -0.2) is 37.9 Å². The second-order valence-electron chi connectivity index (χ2n) is 6.43. The molecule has 0 aliphatic heterocycles. The number of methoxy groups -OCH3 is 1. The molecule has 0 bridgehead atoms. The molecule has 0 heterocycles. The summed E-state index contributed by atoms with van der Waals surface area (Å²) in [4.78, 5) is 11.8. The van der Waals surface area contributed by atoms with Gasteiger partial charge in [0.25, 0.3) is 0 Å². The maximum absolute atomic E-state index is 11.8. The van der Waals surface area contributed by atoms with Gasteiger partial charge in [0.1, 0.15) is 6.04 Å². The monoisotopic (exact) mass is 271 g/mol. The van der Waals surface area contributed by atoms with Crippen molar-refractivity contribution in [2.24, 2.45) is 11.3 Å². The number of carbonyl (C=O) groups excluding carboxylic acids is 1. The van der Waals surface area contributed by atoms with Crippen LogP contribution in [0.3, 0.4) is 0 Å². The number of rotatable bonds is 7. The van der Waals surface area contributed by atoms with Crippen molar-refractivity contribution in [3.8, 4) is 0 Å². The molecular formula is C15H29NO3. The number of ether oxygens (including phenoxy) is 2. The lowest BCUT2D eigenvalue weighted by atomic mass is 9.64. The van der Waals surface area contributed by atoms with E-state index >= 15 is 0 Å². The van der Waals surface area contributed by atoms with Gasteiger partial charge in [-0.2, -0.15) is 0 Å². The minimum Gasteiger partial charge on any atom is -0.468 e. The Morgan fingerprint density at radius 2 is 2.05 bits per heavy atom. The summed E-state index contributed by atoms with van der Waals surface area (Å²) in [5, 5.41) is 3.46. The molecule has 1 saturated carbocycles. The first-order valence-electron chi connectivity index (χ1n) is 7.28. The van der Waals surface area contributed by atoms with E-state index in [4.69, 9.17) is 9.47 Å². The molecule has 4 heteroatoms. The van der Waals surface area contributed by atoms with Crippen molar-refractivity contribution >= 4 is 5.97 Å². The average Bonchev–Trinajstić information content (AvgIpc) is 2.34. The molecule has 4 nitrogen and oxygen atoms in total. The molecule has 1 aliphatic rings. The third kappa shape index (κ3) is 3.93. The fourth-order valence-corrected chi connectivity index (χ4v) is 2.74. The average molecular weight is 271 g/mol. The lowest BCUT2D eigenvalue weighted by Crippen LogP contribution is -2.64. The Bertz CT molecular complexity index is 302. The summed E-state index contributed by atoms with van der Waals surface area (Å²) < 4.78 is 10.6. The molecule has 3 atom stereocenters. The highest BCUT2D eigenvalue weighted by Crippen LogP contribution is 2.43. The van der Waals surface area contributed by atoms with E-state index in [9.17, 15) is 4.79 Å². The Morgan fingerprint density at radius 3 is 2.47 bits per heavy atom. The molecule has 0 aromatic heterocycles. The fraction of sp³-hybridized carbons (Fsp3) is 0.933. The van der Waals surface area contributed by atoms with Gasteiger partial charge < -0.3 is 14.8 Å². The van der Waals surface area contributed by atoms with Gasteiger partial charge in [-0.1, -0.05) is 27.7 Å². The van der Waals surface area contributed by atoms with E-state index in [2.05, 4.69) is 33.0 Å². The molecule has 112 valence electrons. The third-order valence-corrected chi connectivity index (χ3v) is 4.14. The molecule has 0 spiro atoms. The quantitative estimate of drug-likeness (QED) is 0.722. The summed E-state index contributed by atoms with van der Waals surface area (Å²) in [6, 6.07) is 0.101. The lowest BCUT2D eigenvalue weighted by Gasteiger charge is -2.52. The van der Waals surface area contributed by atoms with Crippen LogP contribution in [-0.2, 0) is 14.3 Å². The first-order chi connectivity index (χ1) is 8.82. The van der Waals surface area contributed by atoms with E-state index < -0.39 is 0 Å². The highest BCUT2D eigenvalue weighted by Gasteiger charge is 2.49. The molecule has 0 amide bonds. The molecule has 1 N–H and O–H groups in total. The molecular weight excluding hydrogens is 242 g/mol. The normalized spacial score (nSPS) is 26.9. The van der Waals surface area contributed by atoms with Crippen molar-refractivity contribution in [2.75, 3.05) is 13.7 Å². The van der Waals surface area contributed by atoms with Crippen LogP contribution in [0.15, 0.2) is 0 Å². The van der Waals surface area contributed by atoms with Crippen LogP contribution in [0, 0.1) is 11.3 Å². The van der Waals surface area contributed by atoms with Gasteiger partial charge in [-0.3, -0.25) is 4.79 Å². The van der Waals surface area contributed by atoms with Crippen molar-refractivity contribution < 1.29 is 14.3 Å². The van der Waals surface area contributed by atoms with E-state index in [0.717, 1.165) is 19.4 Å². The standard InChI is InChI=1S/C15H29NO3/c1-7-19-13-9-12(15(13,4)5)16-11(8-10(2)3)14(17)18-6/h10-13,16H,7-9H2,1-6H3. The van der Waals surface area contributed by atoms with Crippen LogP contribution in [0.1, 0.15) is 47.5 Å². The summed E-state index contributed by atoms with van der Waals surface area (Å²) >= 11 is 0. The zero-order valence-corrected chi connectivity index (χ0v) is 13.2. The van der Waals surface area contributed by atoms with Crippen molar-refractivity contribution in [1.82, 2.24) is 5.32 Å². The predicted octanol–water partition coefficient (Wildman–Crippen LogP) is 2.37. The Balaban J connectivity index is 2.59. The zero-order valence-electron chi connectivity index (χ0n) is 13.2. The molecule has 1 aliphatic carbocycles. The molecule has 1 rings (SSSR count). The smallest absolute Gasteiger partial charge is 0.322 e. The number of hydrogen-bond acceptors (Lipinski definition) is 4. The number of esters is 1. The molecule has 0 aromatic carbocycles. The largest absolute Gasteiger partial charge is 0.468 e. The highest BCUT2D eigenvalue weighted by molar-refractivity contribution is 5.75. The van der Waals surface area contributed by atoms with E-state index in [1.54, 1.807) is 0 Å². The van der Waals surface area contributed by atoms with E-state index in [-0.39, 0.29) is 23.5 Å². The van der Waals surface area contributed by atoms with Crippen molar-refractivity contribution in [3.05, 3.63) is 0 Å². The van der Waals surface area contributed by atoms with Crippen molar-refractivity contribution in [1.29, 1.82) is 0 Å². The van der Waals surface area contributed by atoms with Crippen LogP contribution < -0.4 is 5.32 Å². The van der Waals surface area contributed by atoms with Crippen LogP contribution in [0.4, 0.5) is 0 Å². The van der Waals surface area contributed by atoms with Crippen LogP contribution in [0.2, 0.25) is 0 Å². The minimum atomic E-state index is -0.211. The Hall–Kier alpha value is -0.610. The van der Waals surface area contributed by atoms with Gasteiger partial charge in [0.15, 0.2) is 0 Å². The summed E-state index contributed by atoms with van der Waals surface area (Å²) in [7, 11) is 1.45. The van der Waals surface area contributed by atoms with E-state index in [0.29, 0.717) is 12.0 Å². The first-order valence-corrected chi connectivity index (χ1v) is 7.28. The number of hydrogen-bond donors (Lipinski definition) is 1. The molecule has 1 fully saturated rings. The van der Waals surface area contributed by atoms with Gasteiger partial charge >= 0.3 is 5.97 Å². The lowest BCUT2D eigenvalue weighted by molar-refractivity contribution is -0.148. The van der Waals surface area contributed by atoms with Crippen LogP contribution in [0.5, 0.6) is 0 Å². The predicted molar refractivity (Wildman–Crippen MR) is 76.0 cm³/mol. The summed E-state index contributed by atoms with van der Waals surface area (Å²) in [5.74, 6) is 0.298. The number of carbonyl (C=O) groups is 1. The maximum Gasteiger partial charge on any atom is 0.322 e. The van der Waals surface area contributed by atoms with Gasteiger partial charge in [-0.05, 0) is 25.7 Å². The first kappa shape index (κ1) is 16.4. The van der Waals surface area contributed by atoms with Gasteiger partial charge in [0, 0.05) is 18.1 Å². The Kier molecular flexibility index (Phi) is 5.81. The molecule has 0 radical (unpaired) electrons. The van der Waals surface area contributed by atoms with Gasteiger partial charge in [0.2, 0.25) is 0 Å². The highest BCUT2D eigenvalue weighted by atomic mass is 16.5. The minimum absolute atomic E-state index is 0.0687. The molecule has 0 saturated heterocycles. The van der Waals surface area contributed by atoms with Crippen molar-refractivity contribution in [2.45, 2.75) is 65.6 Å². The van der Waals surface area contributed by atoms with Gasteiger partial charge in [-0.25, -0.2) is 0 Å². The molecule has 3 unspecified atom stereocenters.